The van der Waals surface area contributed by atoms with Crippen LogP contribution in [0.1, 0.15) is 18.1 Å². The first kappa shape index (κ1) is 19.6. The second-order valence-corrected chi connectivity index (χ2v) is 6.93. The Morgan fingerprint density at radius 3 is 2.50 bits per heavy atom. The summed E-state index contributed by atoms with van der Waals surface area (Å²) in [5.41, 5.74) is 1.57. The average Bonchev–Trinajstić information content (AvgIpc) is 2.64. The highest BCUT2D eigenvalue weighted by atomic mass is 79.9. The lowest BCUT2D eigenvalue weighted by Crippen LogP contribution is -2.54. The van der Waals surface area contributed by atoms with Crippen molar-refractivity contribution in [3.63, 3.8) is 0 Å². The molecule has 0 saturated carbocycles. The number of anilines is 1. The van der Waals surface area contributed by atoms with E-state index in [-0.39, 0.29) is 17.1 Å². The Kier molecular flexibility index (Phi) is 5.51. The summed E-state index contributed by atoms with van der Waals surface area (Å²) in [6.07, 6.45) is 1.35. The van der Waals surface area contributed by atoms with Crippen LogP contribution >= 0.6 is 15.9 Å². The van der Waals surface area contributed by atoms with Crippen molar-refractivity contribution in [2.75, 3.05) is 11.5 Å². The first-order valence-corrected chi connectivity index (χ1v) is 9.24. The SMILES string of the molecule is CCOc1cc(C=C2C(=O)NC(=O)N(c3ccc(C)cc3)C2=O)cc(Br)c1O. The molecule has 1 aliphatic rings. The van der Waals surface area contributed by atoms with Crippen molar-refractivity contribution in [2.24, 2.45) is 0 Å². The number of ether oxygens (including phenoxy) is 1. The second kappa shape index (κ2) is 7.85. The van der Waals surface area contributed by atoms with Gasteiger partial charge >= 0.3 is 6.03 Å². The lowest BCUT2D eigenvalue weighted by atomic mass is 10.1. The van der Waals surface area contributed by atoms with E-state index in [1.807, 2.05) is 6.92 Å². The fourth-order valence-corrected chi connectivity index (χ4v) is 3.15. The number of carbonyl (C=O) groups is 3. The summed E-state index contributed by atoms with van der Waals surface area (Å²) in [7, 11) is 0. The molecule has 144 valence electrons. The van der Waals surface area contributed by atoms with Gasteiger partial charge in [-0.2, -0.15) is 0 Å². The molecule has 3 rings (SSSR count). The molecule has 2 N–H and O–H groups in total. The zero-order valence-electron chi connectivity index (χ0n) is 15.2. The molecule has 0 aliphatic carbocycles. The molecule has 0 unspecified atom stereocenters. The number of nitrogens with zero attached hydrogens (tertiary/aromatic N) is 1. The predicted octanol–water partition coefficient (Wildman–Crippen LogP) is 3.53. The smallest absolute Gasteiger partial charge is 0.335 e. The predicted molar refractivity (Wildman–Crippen MR) is 107 cm³/mol. The van der Waals surface area contributed by atoms with Crippen LogP contribution < -0.4 is 15.0 Å². The molecule has 2 aromatic carbocycles. The fraction of sp³-hybridized carbons (Fsp3) is 0.150. The lowest BCUT2D eigenvalue weighted by Gasteiger charge is -2.26. The number of phenolic OH excluding ortho intramolecular Hbond substituents is 1. The fourth-order valence-electron chi connectivity index (χ4n) is 2.70. The second-order valence-electron chi connectivity index (χ2n) is 6.08. The minimum absolute atomic E-state index is 0.0834. The number of imide groups is 2. The van der Waals surface area contributed by atoms with Crippen molar-refractivity contribution in [2.45, 2.75) is 13.8 Å². The molecule has 1 heterocycles. The maximum absolute atomic E-state index is 12.9. The molecule has 4 amide bonds. The molecule has 1 aliphatic heterocycles. The van der Waals surface area contributed by atoms with Gasteiger partial charge in [-0.25, -0.2) is 9.69 Å². The van der Waals surface area contributed by atoms with Crippen molar-refractivity contribution >= 4 is 45.5 Å². The summed E-state index contributed by atoms with van der Waals surface area (Å²) >= 11 is 3.22. The highest BCUT2D eigenvalue weighted by Gasteiger charge is 2.36. The van der Waals surface area contributed by atoms with Crippen LogP contribution in [0.2, 0.25) is 0 Å². The molecule has 1 fully saturated rings. The monoisotopic (exact) mass is 444 g/mol. The van der Waals surface area contributed by atoms with Crippen LogP contribution in [0.25, 0.3) is 6.08 Å². The van der Waals surface area contributed by atoms with E-state index in [0.29, 0.717) is 22.3 Å². The van der Waals surface area contributed by atoms with E-state index in [9.17, 15) is 19.5 Å². The molecule has 0 radical (unpaired) electrons. The summed E-state index contributed by atoms with van der Waals surface area (Å²) in [4.78, 5) is 38.3. The molecular weight excluding hydrogens is 428 g/mol. The minimum Gasteiger partial charge on any atom is -0.503 e. The standard InChI is InChI=1S/C20H17BrN2O5/c1-3-28-16-10-12(9-15(21)17(16)24)8-14-18(25)22-20(27)23(19(14)26)13-6-4-11(2)5-7-13/h4-10,24H,3H2,1-2H3,(H,22,25,27). The normalized spacial score (nSPS) is 15.8. The van der Waals surface area contributed by atoms with E-state index in [1.54, 1.807) is 31.2 Å². The number of urea groups is 1. The third kappa shape index (κ3) is 3.77. The molecule has 0 atom stereocenters. The highest BCUT2D eigenvalue weighted by molar-refractivity contribution is 9.10. The van der Waals surface area contributed by atoms with Gasteiger partial charge in [-0.05, 0) is 65.7 Å². The Hall–Kier alpha value is -3.13. The number of benzene rings is 2. The zero-order chi connectivity index (χ0) is 20.4. The number of carbonyl (C=O) groups excluding carboxylic acids is 3. The third-order valence-corrected chi connectivity index (χ3v) is 4.66. The van der Waals surface area contributed by atoms with Crippen LogP contribution in [0.4, 0.5) is 10.5 Å². The van der Waals surface area contributed by atoms with E-state index in [4.69, 9.17) is 4.74 Å². The number of aryl methyl sites for hydroxylation is 1. The Bertz CT molecular complexity index is 998. The Balaban J connectivity index is 2.03. The molecule has 0 bridgehead atoms. The number of barbiturate groups is 1. The van der Waals surface area contributed by atoms with Crippen molar-refractivity contribution in [1.29, 1.82) is 0 Å². The number of halogens is 1. The third-order valence-electron chi connectivity index (χ3n) is 4.06. The Labute approximate surface area is 169 Å². The summed E-state index contributed by atoms with van der Waals surface area (Å²) in [5, 5.41) is 12.2. The van der Waals surface area contributed by atoms with Crippen LogP contribution in [-0.4, -0.2) is 29.6 Å². The van der Waals surface area contributed by atoms with Gasteiger partial charge in [0.2, 0.25) is 0 Å². The number of hydrogen-bond acceptors (Lipinski definition) is 5. The van der Waals surface area contributed by atoms with Crippen LogP contribution in [-0.2, 0) is 9.59 Å². The number of amides is 4. The summed E-state index contributed by atoms with van der Waals surface area (Å²) in [6.45, 7) is 3.98. The first-order chi connectivity index (χ1) is 13.3. The first-order valence-electron chi connectivity index (χ1n) is 8.45. The van der Waals surface area contributed by atoms with Crippen LogP contribution in [0.3, 0.4) is 0 Å². The average molecular weight is 445 g/mol. The van der Waals surface area contributed by atoms with E-state index in [0.717, 1.165) is 10.5 Å². The number of phenols is 1. The minimum atomic E-state index is -0.808. The number of hydrogen-bond donors (Lipinski definition) is 2. The van der Waals surface area contributed by atoms with Crippen molar-refractivity contribution in [1.82, 2.24) is 5.32 Å². The molecule has 0 spiro atoms. The zero-order valence-corrected chi connectivity index (χ0v) is 16.7. The molecule has 2 aromatic rings. The molecule has 0 aromatic heterocycles. The van der Waals surface area contributed by atoms with Crippen LogP contribution in [0.15, 0.2) is 46.4 Å². The number of aromatic hydroxyl groups is 1. The van der Waals surface area contributed by atoms with Gasteiger partial charge < -0.3 is 9.84 Å². The summed E-state index contributed by atoms with van der Waals surface area (Å²) < 4.78 is 5.71. The maximum Gasteiger partial charge on any atom is 0.335 e. The molecule has 1 saturated heterocycles. The molecule has 8 heteroatoms. The topological polar surface area (TPSA) is 95.9 Å². The number of rotatable bonds is 4. The van der Waals surface area contributed by atoms with Crippen LogP contribution in [0, 0.1) is 6.92 Å². The molecule has 28 heavy (non-hydrogen) atoms. The van der Waals surface area contributed by atoms with Gasteiger partial charge in [0.25, 0.3) is 11.8 Å². The van der Waals surface area contributed by atoms with Gasteiger partial charge in [0.15, 0.2) is 11.5 Å². The van der Waals surface area contributed by atoms with Crippen molar-refractivity contribution in [3.05, 3.63) is 57.6 Å². The Morgan fingerprint density at radius 2 is 1.86 bits per heavy atom. The lowest BCUT2D eigenvalue weighted by molar-refractivity contribution is -0.122. The van der Waals surface area contributed by atoms with Crippen molar-refractivity contribution in [3.8, 4) is 11.5 Å². The summed E-state index contributed by atoms with van der Waals surface area (Å²) in [6, 6.07) is 9.03. The highest BCUT2D eigenvalue weighted by Crippen LogP contribution is 2.36. The van der Waals surface area contributed by atoms with Gasteiger partial charge in [0.1, 0.15) is 5.57 Å². The molecular formula is C20H17BrN2O5. The number of nitrogens with one attached hydrogen (secondary N) is 1. The van der Waals surface area contributed by atoms with E-state index >= 15 is 0 Å². The van der Waals surface area contributed by atoms with E-state index in [2.05, 4.69) is 21.2 Å². The van der Waals surface area contributed by atoms with E-state index in [1.165, 1.54) is 18.2 Å². The van der Waals surface area contributed by atoms with Crippen molar-refractivity contribution < 1.29 is 24.2 Å². The Morgan fingerprint density at radius 1 is 1.18 bits per heavy atom. The largest absolute Gasteiger partial charge is 0.503 e. The van der Waals surface area contributed by atoms with E-state index < -0.39 is 17.8 Å². The van der Waals surface area contributed by atoms with Gasteiger partial charge in [-0.15, -0.1) is 0 Å². The van der Waals surface area contributed by atoms with Gasteiger partial charge in [-0.1, -0.05) is 17.7 Å². The summed E-state index contributed by atoms with van der Waals surface area (Å²) in [5.74, 6) is -1.40. The van der Waals surface area contributed by atoms with Crippen LogP contribution in [0.5, 0.6) is 11.5 Å². The molecule has 7 nitrogen and oxygen atoms in total. The van der Waals surface area contributed by atoms with Gasteiger partial charge in [0.05, 0.1) is 16.8 Å². The maximum atomic E-state index is 12.9. The van der Waals surface area contributed by atoms with Gasteiger partial charge in [0, 0.05) is 0 Å². The van der Waals surface area contributed by atoms with Gasteiger partial charge in [-0.3, -0.25) is 14.9 Å². The quantitative estimate of drug-likeness (QED) is 0.555.